The van der Waals surface area contributed by atoms with E-state index >= 15 is 0 Å². The first-order valence-corrected chi connectivity index (χ1v) is 8.79. The van der Waals surface area contributed by atoms with Crippen LogP contribution < -0.4 is 0 Å². The van der Waals surface area contributed by atoms with Gasteiger partial charge in [0.1, 0.15) is 11.6 Å². The van der Waals surface area contributed by atoms with Crippen molar-refractivity contribution >= 4 is 0 Å². The summed E-state index contributed by atoms with van der Waals surface area (Å²) in [6, 6.07) is 2.69. The van der Waals surface area contributed by atoms with Crippen LogP contribution in [0.5, 0.6) is 0 Å². The van der Waals surface area contributed by atoms with Crippen molar-refractivity contribution in [2.24, 2.45) is 0 Å². The Morgan fingerprint density at radius 3 is 2.64 bits per heavy atom. The molecule has 2 atom stereocenters. The van der Waals surface area contributed by atoms with Gasteiger partial charge < -0.3 is 4.52 Å². The molecule has 5 nitrogen and oxygen atoms in total. The van der Waals surface area contributed by atoms with E-state index in [1.807, 2.05) is 6.92 Å². The van der Waals surface area contributed by atoms with E-state index in [-0.39, 0.29) is 12.1 Å². The third-order valence-electron chi connectivity index (χ3n) is 5.46. The summed E-state index contributed by atoms with van der Waals surface area (Å²) in [6.45, 7) is 7.34. The summed E-state index contributed by atoms with van der Waals surface area (Å²) >= 11 is 0. The molecule has 0 amide bonds. The van der Waals surface area contributed by atoms with Crippen molar-refractivity contribution in [3.05, 3.63) is 46.6 Å². The van der Waals surface area contributed by atoms with E-state index in [4.69, 9.17) is 4.52 Å². The molecule has 0 saturated carbocycles. The molecular formula is C18H22F2N4O. The lowest BCUT2D eigenvalue weighted by Gasteiger charge is -2.39. The molecule has 2 heterocycles. The van der Waals surface area contributed by atoms with Gasteiger partial charge in [-0.2, -0.15) is 4.98 Å². The maximum atomic E-state index is 14.0. The highest BCUT2D eigenvalue weighted by Gasteiger charge is 2.34. The molecule has 1 aromatic carbocycles. The number of nitrogens with zero attached hydrogens (tertiary/aromatic N) is 4. The fourth-order valence-electron chi connectivity index (χ4n) is 4.08. The Labute approximate surface area is 145 Å². The molecule has 0 unspecified atom stereocenters. The zero-order chi connectivity index (χ0) is 17.6. The fourth-order valence-corrected chi connectivity index (χ4v) is 4.08. The average Bonchev–Trinajstić information content (AvgIpc) is 3.21. The smallest absolute Gasteiger partial charge is 0.243 e. The summed E-state index contributed by atoms with van der Waals surface area (Å²) in [5.41, 5.74) is 1.51. The topological polar surface area (TPSA) is 45.4 Å². The van der Waals surface area contributed by atoms with Crippen molar-refractivity contribution in [3.63, 3.8) is 0 Å². The van der Waals surface area contributed by atoms with Crippen LogP contribution in [-0.4, -0.2) is 46.1 Å². The van der Waals surface area contributed by atoms with Gasteiger partial charge in [-0.05, 0) is 43.9 Å². The van der Waals surface area contributed by atoms with E-state index in [0.29, 0.717) is 23.7 Å². The molecule has 7 heteroatoms. The standard InChI is InChI=1S/C18H22F2N4O/c1-11(18-21-12(2)22-25-18)23-5-7-24(8-6-23)17-4-3-14-15(17)9-13(19)10-16(14)20/h9-11,17H,3-8H2,1-2H3/t11-,17-/m1/s1. The Hall–Kier alpha value is -1.86. The van der Waals surface area contributed by atoms with Crippen LogP contribution in [0.15, 0.2) is 16.7 Å². The molecule has 0 spiro atoms. The third kappa shape index (κ3) is 3.06. The molecule has 0 N–H and O–H groups in total. The van der Waals surface area contributed by atoms with Crippen molar-refractivity contribution in [2.75, 3.05) is 26.2 Å². The first-order valence-electron chi connectivity index (χ1n) is 8.79. The van der Waals surface area contributed by atoms with Crippen LogP contribution in [0, 0.1) is 18.6 Å². The number of piperazine rings is 1. The highest BCUT2D eigenvalue weighted by Crippen LogP contribution is 2.38. The predicted octanol–water partition coefficient (Wildman–Crippen LogP) is 3.02. The van der Waals surface area contributed by atoms with E-state index in [0.717, 1.165) is 44.2 Å². The molecule has 0 radical (unpaired) electrons. The molecule has 134 valence electrons. The summed E-state index contributed by atoms with van der Waals surface area (Å²) in [7, 11) is 0. The van der Waals surface area contributed by atoms with Crippen LogP contribution in [0.1, 0.15) is 48.3 Å². The first-order chi connectivity index (χ1) is 12.0. The second-order valence-corrected chi connectivity index (χ2v) is 6.94. The quantitative estimate of drug-likeness (QED) is 0.853. The van der Waals surface area contributed by atoms with Gasteiger partial charge in [-0.15, -0.1) is 0 Å². The average molecular weight is 348 g/mol. The van der Waals surface area contributed by atoms with Gasteiger partial charge in [0, 0.05) is 38.3 Å². The van der Waals surface area contributed by atoms with E-state index < -0.39 is 11.6 Å². The number of benzene rings is 1. The van der Waals surface area contributed by atoms with Gasteiger partial charge in [0.15, 0.2) is 5.82 Å². The van der Waals surface area contributed by atoms with Gasteiger partial charge in [-0.1, -0.05) is 5.16 Å². The maximum absolute atomic E-state index is 14.0. The molecule has 1 aromatic heterocycles. The molecule has 1 aliphatic heterocycles. The summed E-state index contributed by atoms with van der Waals surface area (Å²) in [4.78, 5) is 8.97. The van der Waals surface area contributed by atoms with E-state index in [2.05, 4.69) is 26.9 Å². The lowest BCUT2D eigenvalue weighted by atomic mass is 10.0. The van der Waals surface area contributed by atoms with E-state index in [1.54, 1.807) is 0 Å². The zero-order valence-electron chi connectivity index (χ0n) is 14.5. The van der Waals surface area contributed by atoms with Crippen molar-refractivity contribution < 1.29 is 13.3 Å². The Kier molecular flexibility index (Phi) is 4.29. The summed E-state index contributed by atoms with van der Waals surface area (Å²) in [5.74, 6) is 0.395. The van der Waals surface area contributed by atoms with Gasteiger partial charge in [0.25, 0.3) is 0 Å². The Bertz CT molecular complexity index is 770. The fraction of sp³-hybridized carbons (Fsp3) is 0.556. The highest BCUT2D eigenvalue weighted by atomic mass is 19.1. The Morgan fingerprint density at radius 2 is 1.96 bits per heavy atom. The molecule has 2 aliphatic rings. The summed E-state index contributed by atoms with van der Waals surface area (Å²) < 4.78 is 32.9. The summed E-state index contributed by atoms with van der Waals surface area (Å²) in [6.07, 6.45) is 1.54. The minimum Gasteiger partial charge on any atom is -0.338 e. The largest absolute Gasteiger partial charge is 0.338 e. The lowest BCUT2D eigenvalue weighted by molar-refractivity contribution is 0.0634. The molecule has 2 aromatic rings. The van der Waals surface area contributed by atoms with Crippen LogP contribution in [0.2, 0.25) is 0 Å². The second kappa shape index (κ2) is 6.46. The number of hydrogen-bond donors (Lipinski definition) is 0. The van der Waals surface area contributed by atoms with E-state index in [1.165, 1.54) is 6.07 Å². The predicted molar refractivity (Wildman–Crippen MR) is 88.0 cm³/mol. The van der Waals surface area contributed by atoms with Gasteiger partial charge in [0.05, 0.1) is 6.04 Å². The molecule has 25 heavy (non-hydrogen) atoms. The highest BCUT2D eigenvalue weighted by molar-refractivity contribution is 5.36. The van der Waals surface area contributed by atoms with Crippen molar-refractivity contribution in [2.45, 2.75) is 38.8 Å². The number of aryl methyl sites for hydroxylation is 1. The minimum atomic E-state index is -0.484. The van der Waals surface area contributed by atoms with Gasteiger partial charge in [0.2, 0.25) is 5.89 Å². The molecule has 1 aliphatic carbocycles. The minimum absolute atomic E-state index is 0.0779. The number of halogens is 2. The number of aromatic nitrogens is 2. The lowest BCUT2D eigenvalue weighted by Crippen LogP contribution is -2.48. The molecule has 4 rings (SSSR count). The van der Waals surface area contributed by atoms with E-state index in [9.17, 15) is 8.78 Å². The van der Waals surface area contributed by atoms with Gasteiger partial charge >= 0.3 is 0 Å². The van der Waals surface area contributed by atoms with Crippen LogP contribution in [0.3, 0.4) is 0 Å². The normalized spacial score (nSPS) is 23.0. The number of hydrogen-bond acceptors (Lipinski definition) is 5. The molecular weight excluding hydrogens is 326 g/mol. The van der Waals surface area contributed by atoms with Gasteiger partial charge in [-0.3, -0.25) is 9.80 Å². The van der Waals surface area contributed by atoms with Crippen molar-refractivity contribution in [1.82, 2.24) is 19.9 Å². The second-order valence-electron chi connectivity index (χ2n) is 6.94. The summed E-state index contributed by atoms with van der Waals surface area (Å²) in [5, 5.41) is 3.86. The molecule has 0 bridgehead atoms. The maximum Gasteiger partial charge on any atom is 0.243 e. The van der Waals surface area contributed by atoms with Crippen LogP contribution in [-0.2, 0) is 6.42 Å². The monoisotopic (exact) mass is 348 g/mol. The molecule has 1 fully saturated rings. The third-order valence-corrected chi connectivity index (χ3v) is 5.46. The Balaban J connectivity index is 1.44. The zero-order valence-corrected chi connectivity index (χ0v) is 14.5. The first kappa shape index (κ1) is 16.6. The van der Waals surface area contributed by atoms with Crippen molar-refractivity contribution in [1.29, 1.82) is 0 Å². The molecule has 1 saturated heterocycles. The number of rotatable bonds is 3. The number of fused-ring (bicyclic) bond motifs is 1. The van der Waals surface area contributed by atoms with Crippen LogP contribution >= 0.6 is 0 Å². The van der Waals surface area contributed by atoms with Crippen molar-refractivity contribution in [3.8, 4) is 0 Å². The Morgan fingerprint density at radius 1 is 1.20 bits per heavy atom. The SMILES string of the molecule is Cc1noc([C@@H](C)N2CCN([C@@H]3CCc4c(F)cc(F)cc43)CC2)n1. The van der Waals surface area contributed by atoms with Crippen LogP contribution in [0.25, 0.3) is 0 Å². The van der Waals surface area contributed by atoms with Gasteiger partial charge in [-0.25, -0.2) is 8.78 Å². The van der Waals surface area contributed by atoms with Crippen LogP contribution in [0.4, 0.5) is 8.78 Å².